The van der Waals surface area contributed by atoms with E-state index in [0.717, 1.165) is 17.5 Å². The number of para-hydroxylation sites is 1. The molecule has 7 heteroatoms. The Morgan fingerprint density at radius 3 is 2.50 bits per heavy atom. The van der Waals surface area contributed by atoms with Gasteiger partial charge in [0.2, 0.25) is 0 Å². The molecule has 1 N–H and O–H groups in total. The van der Waals surface area contributed by atoms with Gasteiger partial charge in [-0.1, -0.05) is 54.6 Å². The van der Waals surface area contributed by atoms with Gasteiger partial charge in [-0.25, -0.2) is 8.42 Å². The monoisotopic (exact) mass is 452 g/mol. The number of methoxy groups -OCH3 is 1. The lowest BCUT2D eigenvalue weighted by Crippen LogP contribution is -2.26. The van der Waals surface area contributed by atoms with Gasteiger partial charge in [0.1, 0.15) is 12.4 Å². The summed E-state index contributed by atoms with van der Waals surface area (Å²) in [5.41, 5.74) is 3.33. The maximum Gasteiger partial charge on any atom is 0.264 e. The van der Waals surface area contributed by atoms with E-state index in [1.807, 2.05) is 66.7 Å². The number of benzene rings is 3. The summed E-state index contributed by atoms with van der Waals surface area (Å²) in [5, 5.41) is 3.53. The zero-order valence-electron chi connectivity index (χ0n) is 18.3. The molecular weight excluding hydrogens is 424 g/mol. The van der Waals surface area contributed by atoms with Crippen LogP contribution in [-0.4, -0.2) is 35.7 Å². The van der Waals surface area contributed by atoms with Crippen LogP contribution in [0.15, 0.2) is 77.7 Å². The molecule has 1 aliphatic heterocycles. The molecule has 0 saturated heterocycles. The first kappa shape index (κ1) is 22.3. The molecule has 6 nitrogen and oxygen atoms in total. The van der Waals surface area contributed by atoms with Gasteiger partial charge >= 0.3 is 0 Å². The lowest BCUT2D eigenvalue weighted by molar-refractivity contribution is 0.193. The summed E-state index contributed by atoms with van der Waals surface area (Å²) >= 11 is 0. The summed E-state index contributed by atoms with van der Waals surface area (Å²) < 4.78 is 39.6. The Balaban J connectivity index is 1.72. The second kappa shape index (κ2) is 9.73. The number of rotatable bonds is 8. The number of anilines is 1. The molecule has 3 aromatic rings. The molecule has 0 bridgehead atoms. The lowest BCUT2D eigenvalue weighted by atomic mass is 9.96. The normalized spacial score (nSPS) is 16.7. The molecule has 0 aromatic heterocycles. The van der Waals surface area contributed by atoms with Crippen LogP contribution in [0.4, 0.5) is 5.69 Å². The molecule has 4 rings (SSSR count). The lowest BCUT2D eigenvalue weighted by Gasteiger charge is -2.22. The first-order chi connectivity index (χ1) is 15.5. The van der Waals surface area contributed by atoms with Crippen LogP contribution >= 0.6 is 0 Å². The SMILES string of the molecule is COCCCNC1c2ccccc2N(C)S(=O)(=O)c2cc(OCc3ccccc3)ccc21. The Kier molecular flexibility index (Phi) is 6.79. The Hall–Kier alpha value is -2.87. The molecule has 1 unspecified atom stereocenters. The zero-order chi connectivity index (χ0) is 22.6. The van der Waals surface area contributed by atoms with E-state index in [1.165, 1.54) is 4.31 Å². The number of hydrogen-bond donors (Lipinski definition) is 1. The van der Waals surface area contributed by atoms with Crippen LogP contribution in [0.3, 0.4) is 0 Å². The third kappa shape index (κ3) is 4.50. The second-order valence-corrected chi connectivity index (χ2v) is 9.68. The average molecular weight is 453 g/mol. The van der Waals surface area contributed by atoms with Crippen LogP contribution < -0.4 is 14.4 Å². The number of nitrogens with one attached hydrogen (secondary N) is 1. The van der Waals surface area contributed by atoms with Crippen molar-refractivity contribution >= 4 is 15.7 Å². The van der Waals surface area contributed by atoms with E-state index in [9.17, 15) is 8.42 Å². The summed E-state index contributed by atoms with van der Waals surface area (Å²) in [6.07, 6.45) is 0.825. The van der Waals surface area contributed by atoms with Gasteiger partial charge in [0.15, 0.2) is 0 Å². The van der Waals surface area contributed by atoms with Crippen LogP contribution in [0.5, 0.6) is 5.75 Å². The van der Waals surface area contributed by atoms with E-state index in [0.29, 0.717) is 36.8 Å². The first-order valence-corrected chi connectivity index (χ1v) is 12.1. The van der Waals surface area contributed by atoms with E-state index >= 15 is 0 Å². The minimum atomic E-state index is -3.76. The standard InChI is InChI=1S/C25H28N2O4S/c1-27-23-12-7-6-11-21(23)25(26-15-8-16-30-2)22-14-13-20(17-24(22)32(27,28)29)31-18-19-9-4-3-5-10-19/h3-7,9-14,17,25-26H,8,15-16,18H2,1-2H3. The van der Waals surface area contributed by atoms with Crippen LogP contribution in [0, 0.1) is 0 Å². The first-order valence-electron chi connectivity index (χ1n) is 10.6. The quantitative estimate of drug-likeness (QED) is 0.521. The largest absolute Gasteiger partial charge is 0.489 e. The van der Waals surface area contributed by atoms with Gasteiger partial charge in [-0.3, -0.25) is 4.31 Å². The number of hydrogen-bond acceptors (Lipinski definition) is 5. The molecule has 1 heterocycles. The Morgan fingerprint density at radius 2 is 1.72 bits per heavy atom. The minimum Gasteiger partial charge on any atom is -0.489 e. The second-order valence-electron chi connectivity index (χ2n) is 7.74. The number of fused-ring (bicyclic) bond motifs is 2. The number of sulfonamides is 1. The summed E-state index contributed by atoms with van der Waals surface area (Å²) in [6, 6.07) is 22.5. The van der Waals surface area contributed by atoms with Gasteiger partial charge in [0.05, 0.1) is 16.6 Å². The fourth-order valence-electron chi connectivity index (χ4n) is 3.95. The van der Waals surface area contributed by atoms with Crippen LogP contribution in [0.25, 0.3) is 0 Å². The van der Waals surface area contributed by atoms with Gasteiger partial charge in [-0.05, 0) is 41.8 Å². The maximum atomic E-state index is 13.6. The van der Waals surface area contributed by atoms with Crippen molar-refractivity contribution in [3.63, 3.8) is 0 Å². The van der Waals surface area contributed by atoms with Crippen molar-refractivity contribution in [2.24, 2.45) is 0 Å². The third-order valence-electron chi connectivity index (χ3n) is 5.64. The fraction of sp³-hybridized carbons (Fsp3) is 0.280. The van der Waals surface area contributed by atoms with Crippen molar-refractivity contribution in [1.82, 2.24) is 5.32 Å². The highest BCUT2D eigenvalue weighted by Crippen LogP contribution is 2.41. The summed E-state index contributed by atoms with van der Waals surface area (Å²) in [5.74, 6) is 0.522. The van der Waals surface area contributed by atoms with E-state index < -0.39 is 10.0 Å². The molecule has 0 aliphatic carbocycles. The molecule has 32 heavy (non-hydrogen) atoms. The van der Waals surface area contributed by atoms with Crippen molar-refractivity contribution in [3.8, 4) is 5.75 Å². The fourth-order valence-corrected chi connectivity index (χ4v) is 5.42. The van der Waals surface area contributed by atoms with Crippen LogP contribution in [-0.2, 0) is 21.4 Å². The minimum absolute atomic E-state index is 0.256. The van der Waals surface area contributed by atoms with Gasteiger partial charge in [-0.2, -0.15) is 0 Å². The summed E-state index contributed by atoms with van der Waals surface area (Å²) in [7, 11) is -0.480. The van der Waals surface area contributed by atoms with Gasteiger partial charge in [0, 0.05) is 26.8 Å². The number of nitrogens with zero attached hydrogens (tertiary/aromatic N) is 1. The molecule has 0 amide bonds. The van der Waals surface area contributed by atoms with Gasteiger partial charge in [-0.15, -0.1) is 0 Å². The van der Waals surface area contributed by atoms with Crippen molar-refractivity contribution in [2.45, 2.75) is 24.0 Å². The van der Waals surface area contributed by atoms with Gasteiger partial charge in [0.25, 0.3) is 10.0 Å². The predicted octanol–water partition coefficient (Wildman–Crippen LogP) is 4.12. The Morgan fingerprint density at radius 1 is 0.969 bits per heavy atom. The van der Waals surface area contributed by atoms with E-state index in [2.05, 4.69) is 5.32 Å². The topological polar surface area (TPSA) is 67.9 Å². The van der Waals surface area contributed by atoms with Crippen molar-refractivity contribution < 1.29 is 17.9 Å². The Bertz CT molecular complexity index is 1170. The molecule has 168 valence electrons. The molecule has 0 spiro atoms. The average Bonchev–Trinajstić information content (AvgIpc) is 2.89. The van der Waals surface area contributed by atoms with Gasteiger partial charge < -0.3 is 14.8 Å². The van der Waals surface area contributed by atoms with E-state index in [-0.39, 0.29) is 10.9 Å². The maximum absolute atomic E-state index is 13.6. The molecule has 0 radical (unpaired) electrons. The van der Waals surface area contributed by atoms with Crippen LogP contribution in [0.2, 0.25) is 0 Å². The van der Waals surface area contributed by atoms with Crippen LogP contribution in [0.1, 0.15) is 29.2 Å². The summed E-state index contributed by atoms with van der Waals surface area (Å²) in [6.45, 7) is 1.70. The number of ether oxygens (including phenoxy) is 2. The molecule has 0 saturated carbocycles. The molecule has 1 atom stereocenters. The molecule has 0 fully saturated rings. The molecule has 3 aromatic carbocycles. The highest BCUT2D eigenvalue weighted by atomic mass is 32.2. The molecular formula is C25H28N2O4S. The smallest absolute Gasteiger partial charge is 0.264 e. The highest BCUT2D eigenvalue weighted by Gasteiger charge is 2.35. The van der Waals surface area contributed by atoms with E-state index in [1.54, 1.807) is 20.2 Å². The Labute approximate surface area is 189 Å². The van der Waals surface area contributed by atoms with Crippen molar-refractivity contribution in [2.75, 3.05) is 31.6 Å². The van der Waals surface area contributed by atoms with Crippen molar-refractivity contribution in [3.05, 3.63) is 89.5 Å². The molecule has 1 aliphatic rings. The van der Waals surface area contributed by atoms with Crippen molar-refractivity contribution in [1.29, 1.82) is 0 Å². The summed E-state index contributed by atoms with van der Waals surface area (Å²) in [4.78, 5) is 0.256. The van der Waals surface area contributed by atoms with E-state index in [4.69, 9.17) is 9.47 Å². The predicted molar refractivity (Wildman–Crippen MR) is 126 cm³/mol. The zero-order valence-corrected chi connectivity index (χ0v) is 19.1. The highest BCUT2D eigenvalue weighted by molar-refractivity contribution is 7.92. The third-order valence-corrected chi connectivity index (χ3v) is 7.47.